The zero-order valence-electron chi connectivity index (χ0n) is 10.6. The molecule has 0 amide bonds. The maximum Gasteiger partial charge on any atom is 0.0722 e. The number of nitrogens with zero attached hydrogens (tertiary/aromatic N) is 1. The Morgan fingerprint density at radius 1 is 1.22 bits per heavy atom. The van der Waals surface area contributed by atoms with Crippen molar-refractivity contribution in [2.75, 3.05) is 25.0 Å². The van der Waals surface area contributed by atoms with Crippen LogP contribution in [0.5, 0.6) is 0 Å². The van der Waals surface area contributed by atoms with Gasteiger partial charge in [-0.2, -0.15) is 0 Å². The Bertz CT molecular complexity index is 494. The van der Waals surface area contributed by atoms with Gasteiger partial charge in [-0.15, -0.1) is 0 Å². The van der Waals surface area contributed by atoms with Crippen molar-refractivity contribution in [2.24, 2.45) is 0 Å². The molecule has 96 valence electrons. The van der Waals surface area contributed by atoms with Crippen molar-refractivity contribution in [3.8, 4) is 0 Å². The Morgan fingerprint density at radius 2 is 2.06 bits per heavy atom. The van der Waals surface area contributed by atoms with Crippen molar-refractivity contribution in [1.82, 2.24) is 10.3 Å². The van der Waals surface area contributed by atoms with E-state index in [-0.39, 0.29) is 6.10 Å². The molecular weight excluding hydrogens is 226 g/mol. The van der Waals surface area contributed by atoms with Gasteiger partial charge in [0.1, 0.15) is 0 Å². The summed E-state index contributed by atoms with van der Waals surface area (Å²) in [5.41, 5.74) is 2.10. The zero-order chi connectivity index (χ0) is 12.8. The SMILES string of the molecule is CC(O)CNCCNc1ccnc2ccccc12. The summed E-state index contributed by atoms with van der Waals surface area (Å²) >= 11 is 0. The van der Waals surface area contributed by atoms with Crippen molar-refractivity contribution in [1.29, 1.82) is 0 Å². The molecule has 0 aliphatic carbocycles. The van der Waals surface area contributed by atoms with E-state index in [2.05, 4.69) is 21.7 Å². The molecule has 4 nitrogen and oxygen atoms in total. The average molecular weight is 245 g/mol. The van der Waals surface area contributed by atoms with Crippen LogP contribution in [0, 0.1) is 0 Å². The number of aromatic nitrogens is 1. The van der Waals surface area contributed by atoms with Crippen LogP contribution in [0.25, 0.3) is 10.9 Å². The number of pyridine rings is 1. The summed E-state index contributed by atoms with van der Waals surface area (Å²) < 4.78 is 0. The van der Waals surface area contributed by atoms with E-state index in [4.69, 9.17) is 5.11 Å². The molecule has 0 aliphatic rings. The first-order valence-electron chi connectivity index (χ1n) is 6.24. The number of fused-ring (bicyclic) bond motifs is 1. The molecular formula is C14H19N3O. The number of nitrogens with one attached hydrogen (secondary N) is 2. The van der Waals surface area contributed by atoms with Crippen LogP contribution in [0.2, 0.25) is 0 Å². The maximum absolute atomic E-state index is 9.12. The monoisotopic (exact) mass is 245 g/mol. The molecule has 0 radical (unpaired) electrons. The van der Waals surface area contributed by atoms with Crippen molar-refractivity contribution >= 4 is 16.6 Å². The van der Waals surface area contributed by atoms with Gasteiger partial charge in [-0.25, -0.2) is 0 Å². The van der Waals surface area contributed by atoms with Gasteiger partial charge in [0.05, 0.1) is 11.6 Å². The molecule has 0 saturated heterocycles. The standard InChI is InChI=1S/C14H19N3O/c1-11(18)10-15-8-9-17-14-6-7-16-13-5-3-2-4-12(13)14/h2-7,11,15,18H,8-10H2,1H3,(H,16,17). The highest BCUT2D eigenvalue weighted by molar-refractivity contribution is 5.90. The molecule has 0 aliphatic heterocycles. The van der Waals surface area contributed by atoms with E-state index >= 15 is 0 Å². The summed E-state index contributed by atoms with van der Waals surface area (Å²) in [5, 5.41) is 16.8. The second-order valence-corrected chi connectivity index (χ2v) is 4.36. The van der Waals surface area contributed by atoms with Crippen molar-refractivity contribution in [3.63, 3.8) is 0 Å². The van der Waals surface area contributed by atoms with Gasteiger partial charge in [-0.05, 0) is 19.1 Å². The lowest BCUT2D eigenvalue weighted by Gasteiger charge is -2.10. The van der Waals surface area contributed by atoms with Gasteiger partial charge in [-0.1, -0.05) is 18.2 Å². The molecule has 18 heavy (non-hydrogen) atoms. The fraction of sp³-hybridized carbons (Fsp3) is 0.357. The number of benzene rings is 1. The van der Waals surface area contributed by atoms with Crippen molar-refractivity contribution in [2.45, 2.75) is 13.0 Å². The van der Waals surface area contributed by atoms with E-state index in [0.29, 0.717) is 6.54 Å². The summed E-state index contributed by atoms with van der Waals surface area (Å²) in [6.45, 7) is 4.04. The molecule has 0 spiro atoms. The fourth-order valence-corrected chi connectivity index (χ4v) is 1.85. The highest BCUT2D eigenvalue weighted by atomic mass is 16.3. The van der Waals surface area contributed by atoms with Crippen molar-refractivity contribution in [3.05, 3.63) is 36.5 Å². The quantitative estimate of drug-likeness (QED) is 0.677. The van der Waals surface area contributed by atoms with Crippen LogP contribution in [-0.4, -0.2) is 35.8 Å². The minimum Gasteiger partial charge on any atom is -0.392 e. The minimum absolute atomic E-state index is 0.299. The molecule has 4 heteroatoms. The fourth-order valence-electron chi connectivity index (χ4n) is 1.85. The summed E-state index contributed by atoms with van der Waals surface area (Å²) in [5.74, 6) is 0. The molecule has 2 rings (SSSR count). The van der Waals surface area contributed by atoms with E-state index in [1.54, 1.807) is 6.92 Å². The third kappa shape index (κ3) is 3.42. The lowest BCUT2D eigenvalue weighted by atomic mass is 10.2. The van der Waals surface area contributed by atoms with E-state index in [9.17, 15) is 0 Å². The molecule has 0 bridgehead atoms. The Kier molecular flexibility index (Phi) is 4.50. The highest BCUT2D eigenvalue weighted by Gasteiger charge is 2.00. The minimum atomic E-state index is -0.299. The third-order valence-electron chi connectivity index (χ3n) is 2.71. The lowest BCUT2D eigenvalue weighted by molar-refractivity contribution is 0.192. The lowest BCUT2D eigenvalue weighted by Crippen LogP contribution is -2.28. The van der Waals surface area contributed by atoms with Gasteiger partial charge in [0.2, 0.25) is 0 Å². The normalized spacial score (nSPS) is 12.6. The van der Waals surface area contributed by atoms with Crippen LogP contribution >= 0.6 is 0 Å². The number of aliphatic hydroxyl groups is 1. The number of rotatable bonds is 6. The van der Waals surface area contributed by atoms with Crippen LogP contribution in [0.1, 0.15) is 6.92 Å². The Hall–Kier alpha value is -1.65. The smallest absolute Gasteiger partial charge is 0.0722 e. The first-order chi connectivity index (χ1) is 8.77. The van der Waals surface area contributed by atoms with Gasteiger partial charge < -0.3 is 15.7 Å². The molecule has 2 aromatic rings. The Balaban J connectivity index is 1.91. The van der Waals surface area contributed by atoms with Gasteiger partial charge in [0.25, 0.3) is 0 Å². The maximum atomic E-state index is 9.12. The van der Waals surface area contributed by atoms with E-state index < -0.39 is 0 Å². The summed E-state index contributed by atoms with van der Waals surface area (Å²) in [7, 11) is 0. The largest absolute Gasteiger partial charge is 0.392 e. The number of hydrogen-bond donors (Lipinski definition) is 3. The Labute approximate surface area is 107 Å². The second kappa shape index (κ2) is 6.33. The van der Waals surface area contributed by atoms with E-state index in [0.717, 1.165) is 29.7 Å². The number of anilines is 1. The van der Waals surface area contributed by atoms with E-state index in [1.807, 2.05) is 30.5 Å². The van der Waals surface area contributed by atoms with Gasteiger partial charge in [0.15, 0.2) is 0 Å². The first-order valence-corrected chi connectivity index (χ1v) is 6.24. The summed E-state index contributed by atoms with van der Waals surface area (Å²) in [6.07, 6.45) is 1.51. The molecule has 0 saturated carbocycles. The number of para-hydroxylation sites is 1. The van der Waals surface area contributed by atoms with Crippen LogP contribution in [0.3, 0.4) is 0 Å². The van der Waals surface area contributed by atoms with Crippen LogP contribution in [0.4, 0.5) is 5.69 Å². The average Bonchev–Trinajstić information content (AvgIpc) is 2.38. The highest BCUT2D eigenvalue weighted by Crippen LogP contribution is 2.20. The van der Waals surface area contributed by atoms with Crippen molar-refractivity contribution < 1.29 is 5.11 Å². The first kappa shape index (κ1) is 12.8. The predicted molar refractivity (Wildman–Crippen MR) is 74.8 cm³/mol. The predicted octanol–water partition coefficient (Wildman–Crippen LogP) is 1.62. The van der Waals surface area contributed by atoms with Gasteiger partial charge in [0, 0.05) is 36.9 Å². The number of aliphatic hydroxyl groups excluding tert-OH is 1. The summed E-state index contributed by atoms with van der Waals surface area (Å²) in [6, 6.07) is 10.1. The summed E-state index contributed by atoms with van der Waals surface area (Å²) in [4.78, 5) is 4.32. The molecule has 0 fully saturated rings. The molecule has 1 aromatic carbocycles. The van der Waals surface area contributed by atoms with E-state index in [1.165, 1.54) is 0 Å². The molecule has 1 heterocycles. The van der Waals surface area contributed by atoms with Crippen LogP contribution in [-0.2, 0) is 0 Å². The topological polar surface area (TPSA) is 57.2 Å². The number of hydrogen-bond acceptors (Lipinski definition) is 4. The second-order valence-electron chi connectivity index (χ2n) is 4.36. The Morgan fingerprint density at radius 3 is 2.89 bits per heavy atom. The third-order valence-corrected chi connectivity index (χ3v) is 2.71. The molecule has 1 atom stereocenters. The molecule has 1 unspecified atom stereocenters. The zero-order valence-corrected chi connectivity index (χ0v) is 10.6. The van der Waals surface area contributed by atoms with Gasteiger partial charge >= 0.3 is 0 Å². The van der Waals surface area contributed by atoms with Gasteiger partial charge in [-0.3, -0.25) is 4.98 Å². The molecule has 1 aromatic heterocycles. The van der Waals surface area contributed by atoms with Crippen LogP contribution < -0.4 is 10.6 Å². The molecule has 3 N–H and O–H groups in total. The van der Waals surface area contributed by atoms with Crippen LogP contribution in [0.15, 0.2) is 36.5 Å².